The largest absolute Gasteiger partial charge is 0.353 e. The first kappa shape index (κ1) is 15.4. The summed E-state index contributed by atoms with van der Waals surface area (Å²) < 4.78 is 0. The Morgan fingerprint density at radius 3 is 2.60 bits per heavy atom. The quantitative estimate of drug-likeness (QED) is 0.771. The van der Waals surface area contributed by atoms with Gasteiger partial charge in [0.05, 0.1) is 0 Å². The molecule has 2 rings (SSSR count). The highest BCUT2D eigenvalue weighted by Crippen LogP contribution is 2.24. The molecule has 2 N–H and O–H groups in total. The smallest absolute Gasteiger partial charge is 0.242 e. The molecule has 5 heteroatoms. The van der Waals surface area contributed by atoms with Crippen molar-refractivity contribution in [1.29, 1.82) is 0 Å². The molecule has 20 heavy (non-hydrogen) atoms. The van der Waals surface area contributed by atoms with Crippen molar-refractivity contribution < 1.29 is 4.79 Å². The van der Waals surface area contributed by atoms with E-state index < -0.39 is 0 Å². The summed E-state index contributed by atoms with van der Waals surface area (Å²) in [4.78, 5) is 14.8. The molecule has 1 atom stereocenters. The van der Waals surface area contributed by atoms with Crippen LogP contribution < -0.4 is 10.6 Å². The van der Waals surface area contributed by atoms with Crippen molar-refractivity contribution in [3.63, 3.8) is 0 Å². The molecule has 1 aliphatic heterocycles. The maximum Gasteiger partial charge on any atom is 0.242 e. The fraction of sp³-hybridized carbons (Fsp3) is 0.533. The number of nitrogens with zero attached hydrogens (tertiary/aromatic N) is 1. The Hall–Kier alpha value is -1.04. The van der Waals surface area contributed by atoms with Crippen LogP contribution in [0.5, 0.6) is 0 Å². The second kappa shape index (κ2) is 8.29. The van der Waals surface area contributed by atoms with E-state index in [9.17, 15) is 4.79 Å². The second-order valence-electron chi connectivity index (χ2n) is 4.86. The van der Waals surface area contributed by atoms with Crippen LogP contribution in [0.1, 0.15) is 11.6 Å². The van der Waals surface area contributed by atoms with Gasteiger partial charge in [-0.1, -0.05) is 30.3 Å². The van der Waals surface area contributed by atoms with Crippen LogP contribution in [0.15, 0.2) is 30.3 Å². The van der Waals surface area contributed by atoms with Gasteiger partial charge in [0.25, 0.3) is 0 Å². The number of rotatable bonds is 6. The Labute approximate surface area is 125 Å². The Bertz CT molecular complexity index is 407. The third-order valence-corrected chi connectivity index (χ3v) is 4.39. The monoisotopic (exact) mass is 293 g/mol. The first-order valence-electron chi connectivity index (χ1n) is 7.12. The highest BCUT2D eigenvalue weighted by molar-refractivity contribution is 7.99. The Morgan fingerprint density at radius 2 is 1.95 bits per heavy atom. The van der Waals surface area contributed by atoms with E-state index in [1.165, 1.54) is 0 Å². The van der Waals surface area contributed by atoms with Gasteiger partial charge in [0, 0.05) is 37.7 Å². The molecule has 1 amide bonds. The number of carbonyl (C=O) groups is 1. The van der Waals surface area contributed by atoms with Crippen molar-refractivity contribution in [3.8, 4) is 0 Å². The van der Waals surface area contributed by atoms with Crippen molar-refractivity contribution in [3.05, 3.63) is 35.9 Å². The zero-order chi connectivity index (χ0) is 14.2. The normalized spacial score (nSPS) is 17.6. The van der Waals surface area contributed by atoms with E-state index in [1.54, 1.807) is 0 Å². The third-order valence-electron chi connectivity index (χ3n) is 3.45. The average molecular weight is 293 g/mol. The molecule has 0 spiro atoms. The van der Waals surface area contributed by atoms with Crippen LogP contribution in [0, 0.1) is 0 Å². The van der Waals surface area contributed by atoms with E-state index in [0.29, 0.717) is 6.54 Å². The molecule has 4 nitrogen and oxygen atoms in total. The minimum Gasteiger partial charge on any atom is -0.353 e. The van der Waals surface area contributed by atoms with Gasteiger partial charge in [0.2, 0.25) is 5.91 Å². The summed E-state index contributed by atoms with van der Waals surface area (Å²) in [5.41, 5.74) is 1.08. The van der Waals surface area contributed by atoms with Crippen LogP contribution in [-0.4, -0.2) is 55.5 Å². The van der Waals surface area contributed by atoms with Gasteiger partial charge in [0.15, 0.2) is 0 Å². The van der Waals surface area contributed by atoms with Crippen LogP contribution in [0.4, 0.5) is 0 Å². The minimum atomic E-state index is -0.158. The fourth-order valence-electron chi connectivity index (χ4n) is 2.41. The number of benzene rings is 1. The summed E-state index contributed by atoms with van der Waals surface area (Å²) in [5.74, 6) is 2.32. The van der Waals surface area contributed by atoms with Gasteiger partial charge < -0.3 is 10.6 Å². The molecule has 110 valence electrons. The number of thioether (sulfide) groups is 1. The highest BCUT2D eigenvalue weighted by atomic mass is 32.2. The molecule has 0 aromatic heterocycles. The molecular weight excluding hydrogens is 270 g/mol. The summed E-state index contributed by atoms with van der Waals surface area (Å²) in [6.07, 6.45) is 0. The SMILES string of the molecule is CNCCNC(=O)C(c1ccccc1)N1CCSCC1. The first-order valence-corrected chi connectivity index (χ1v) is 8.27. The lowest BCUT2D eigenvalue weighted by atomic mass is 10.0. The van der Waals surface area contributed by atoms with Gasteiger partial charge in [-0.2, -0.15) is 11.8 Å². The standard InChI is InChI=1S/C15H23N3OS/c1-16-7-8-17-15(19)14(13-5-3-2-4-6-13)18-9-11-20-12-10-18/h2-6,14,16H,7-12H2,1H3,(H,17,19). The number of amides is 1. The van der Waals surface area contributed by atoms with Gasteiger partial charge >= 0.3 is 0 Å². The number of hydrogen-bond donors (Lipinski definition) is 2. The van der Waals surface area contributed by atoms with Crippen LogP contribution in [0.3, 0.4) is 0 Å². The molecule has 1 aliphatic rings. The van der Waals surface area contributed by atoms with Crippen LogP contribution in [0.25, 0.3) is 0 Å². The lowest BCUT2D eigenvalue weighted by Gasteiger charge is -2.33. The van der Waals surface area contributed by atoms with Gasteiger partial charge in [-0.15, -0.1) is 0 Å². The zero-order valence-electron chi connectivity index (χ0n) is 12.0. The van der Waals surface area contributed by atoms with Crippen molar-refractivity contribution in [2.75, 3.05) is 44.7 Å². The van der Waals surface area contributed by atoms with E-state index in [0.717, 1.165) is 36.7 Å². The lowest BCUT2D eigenvalue weighted by Crippen LogP contribution is -2.45. The molecule has 1 heterocycles. The van der Waals surface area contributed by atoms with Gasteiger partial charge in [-0.05, 0) is 12.6 Å². The van der Waals surface area contributed by atoms with Crippen LogP contribution >= 0.6 is 11.8 Å². The number of nitrogens with one attached hydrogen (secondary N) is 2. The lowest BCUT2D eigenvalue weighted by molar-refractivity contribution is -0.126. The number of hydrogen-bond acceptors (Lipinski definition) is 4. The molecule has 1 saturated heterocycles. The molecule has 0 aliphatic carbocycles. The predicted octanol–water partition coefficient (Wildman–Crippen LogP) is 1.11. The van der Waals surface area contributed by atoms with Gasteiger partial charge in [-0.3, -0.25) is 9.69 Å². The van der Waals surface area contributed by atoms with Gasteiger partial charge in [-0.25, -0.2) is 0 Å². The molecule has 1 aromatic rings. The molecule has 1 aromatic carbocycles. The summed E-state index contributed by atoms with van der Waals surface area (Å²) in [6.45, 7) is 3.41. The first-order chi connectivity index (χ1) is 9.83. The maximum absolute atomic E-state index is 12.5. The molecule has 0 saturated carbocycles. The molecule has 1 fully saturated rings. The zero-order valence-corrected chi connectivity index (χ0v) is 12.8. The van der Waals surface area contributed by atoms with Crippen molar-refractivity contribution in [2.24, 2.45) is 0 Å². The Balaban J connectivity index is 2.09. The molecule has 1 unspecified atom stereocenters. The Kier molecular flexibility index (Phi) is 6.36. The summed E-state index contributed by atoms with van der Waals surface area (Å²) in [6, 6.07) is 9.93. The fourth-order valence-corrected chi connectivity index (χ4v) is 3.34. The number of likely N-dealkylation sites (N-methyl/N-ethyl adjacent to an activating group) is 1. The van der Waals surface area contributed by atoms with E-state index in [1.807, 2.05) is 49.1 Å². The van der Waals surface area contributed by atoms with Crippen molar-refractivity contribution in [2.45, 2.75) is 6.04 Å². The third kappa shape index (κ3) is 4.23. The number of carbonyl (C=O) groups excluding carboxylic acids is 1. The minimum absolute atomic E-state index is 0.110. The summed E-state index contributed by atoms with van der Waals surface area (Å²) >= 11 is 1.96. The van der Waals surface area contributed by atoms with Crippen LogP contribution in [-0.2, 0) is 4.79 Å². The van der Waals surface area contributed by atoms with Crippen molar-refractivity contribution >= 4 is 17.7 Å². The molecular formula is C15H23N3OS. The van der Waals surface area contributed by atoms with Crippen molar-refractivity contribution in [1.82, 2.24) is 15.5 Å². The van der Waals surface area contributed by atoms with E-state index >= 15 is 0 Å². The van der Waals surface area contributed by atoms with Crippen LogP contribution in [0.2, 0.25) is 0 Å². The molecule has 0 bridgehead atoms. The average Bonchev–Trinajstić information content (AvgIpc) is 2.50. The predicted molar refractivity (Wildman–Crippen MR) is 85.0 cm³/mol. The molecule has 0 radical (unpaired) electrons. The Morgan fingerprint density at radius 1 is 1.25 bits per heavy atom. The van der Waals surface area contributed by atoms with E-state index in [2.05, 4.69) is 15.5 Å². The van der Waals surface area contributed by atoms with Gasteiger partial charge in [0.1, 0.15) is 6.04 Å². The summed E-state index contributed by atoms with van der Waals surface area (Å²) in [5, 5.41) is 6.08. The highest BCUT2D eigenvalue weighted by Gasteiger charge is 2.28. The maximum atomic E-state index is 12.5. The second-order valence-corrected chi connectivity index (χ2v) is 6.08. The summed E-state index contributed by atoms with van der Waals surface area (Å²) in [7, 11) is 1.89. The van der Waals surface area contributed by atoms with E-state index in [4.69, 9.17) is 0 Å². The topological polar surface area (TPSA) is 44.4 Å². The van der Waals surface area contributed by atoms with E-state index in [-0.39, 0.29) is 11.9 Å².